The highest BCUT2D eigenvalue weighted by Crippen LogP contribution is 2.43. The Hall–Kier alpha value is -7.41. The normalized spacial score (nSPS) is 11.9. The maximum absolute atomic E-state index is 6.85. The number of furan rings is 1. The van der Waals surface area contributed by atoms with E-state index in [9.17, 15) is 0 Å². The van der Waals surface area contributed by atoms with Gasteiger partial charge >= 0.3 is 0 Å². The summed E-state index contributed by atoms with van der Waals surface area (Å²) in [6.07, 6.45) is 0.570. The Balaban J connectivity index is 1.01. The van der Waals surface area contributed by atoms with Crippen LogP contribution in [-0.4, -0.2) is 19.5 Å². The van der Waals surface area contributed by atoms with Crippen LogP contribution in [0.4, 0.5) is 0 Å². The van der Waals surface area contributed by atoms with E-state index in [0.29, 0.717) is 18.1 Å². The molecule has 6 heteroatoms. The predicted octanol–water partition coefficient (Wildman–Crippen LogP) is 13.8. The number of aromatic nitrogens is 4. The highest BCUT2D eigenvalue weighted by Gasteiger charge is 2.20. The lowest BCUT2D eigenvalue weighted by Crippen LogP contribution is -2.04. The van der Waals surface area contributed by atoms with E-state index in [1.54, 1.807) is 0 Å². The minimum absolute atomic E-state index is 0.570. The van der Waals surface area contributed by atoms with Crippen LogP contribution in [0, 0.1) is 0 Å². The molecule has 12 aromatic rings. The van der Waals surface area contributed by atoms with Gasteiger partial charge in [0, 0.05) is 59.4 Å². The van der Waals surface area contributed by atoms with Gasteiger partial charge in [-0.25, -0.2) is 15.0 Å². The number of para-hydroxylation sites is 3. The summed E-state index contributed by atoms with van der Waals surface area (Å²) in [4.78, 5) is 15.0. The molecule has 0 amide bonds. The predicted molar refractivity (Wildman–Crippen MR) is 240 cm³/mol. The van der Waals surface area contributed by atoms with Gasteiger partial charge in [-0.2, -0.15) is 0 Å². The van der Waals surface area contributed by atoms with E-state index in [1.165, 1.54) is 47.5 Å². The molecule has 4 aromatic heterocycles. The molecule has 0 unspecified atom stereocenters. The minimum Gasteiger partial charge on any atom is -0.455 e. The van der Waals surface area contributed by atoms with Crippen LogP contribution >= 0.6 is 11.3 Å². The van der Waals surface area contributed by atoms with Crippen LogP contribution in [0.2, 0.25) is 0 Å². The third kappa shape index (κ3) is 5.19. The Labute approximate surface area is 337 Å². The Kier molecular flexibility index (Phi) is 7.40. The van der Waals surface area contributed by atoms with Crippen LogP contribution in [0.3, 0.4) is 0 Å². The number of thiophene rings is 1. The van der Waals surface area contributed by atoms with E-state index >= 15 is 0 Å². The fraction of sp³-hybridized carbons (Fsp3) is 0.0192. The van der Waals surface area contributed by atoms with Crippen molar-refractivity contribution in [3.63, 3.8) is 0 Å². The lowest BCUT2D eigenvalue weighted by molar-refractivity contribution is 0.670. The molecule has 0 saturated heterocycles. The molecule has 0 saturated carbocycles. The lowest BCUT2D eigenvalue weighted by atomic mass is 9.98. The van der Waals surface area contributed by atoms with Crippen molar-refractivity contribution >= 4 is 75.3 Å². The molecule has 272 valence electrons. The van der Waals surface area contributed by atoms with Crippen LogP contribution in [0.25, 0.3) is 104 Å². The van der Waals surface area contributed by atoms with Gasteiger partial charge in [-0.05, 0) is 53.6 Å². The second-order valence-electron chi connectivity index (χ2n) is 14.7. The molecule has 0 aliphatic heterocycles. The van der Waals surface area contributed by atoms with Crippen molar-refractivity contribution in [2.75, 3.05) is 0 Å². The summed E-state index contributed by atoms with van der Waals surface area (Å²) in [6.45, 7) is 0. The van der Waals surface area contributed by atoms with Crippen molar-refractivity contribution in [1.29, 1.82) is 0 Å². The molecule has 0 fully saturated rings. The zero-order valence-corrected chi connectivity index (χ0v) is 31.9. The standard InChI is InChI=1S/C52H32N4OS/c1-3-14-32(15-4-1)51-53-47(54-52(55-51)33-16-5-2-6-17-33)31-35-18-11-27-46-48(35)40-30-34(28-29-45(40)58-46)36-21-12-22-39-49-43(25-13-26-44(49)57-50(36)39)56-41-23-9-7-19-37(41)38-20-8-10-24-42(38)56/h1-30H,31H2. The van der Waals surface area contributed by atoms with E-state index in [0.717, 1.165) is 55.7 Å². The van der Waals surface area contributed by atoms with Gasteiger partial charge in [-0.15, -0.1) is 11.3 Å². The van der Waals surface area contributed by atoms with E-state index < -0.39 is 0 Å². The molecule has 0 aliphatic rings. The molecule has 0 bridgehead atoms. The zero-order chi connectivity index (χ0) is 38.2. The van der Waals surface area contributed by atoms with Crippen molar-refractivity contribution in [3.8, 4) is 39.6 Å². The van der Waals surface area contributed by atoms with Crippen LogP contribution in [0.1, 0.15) is 11.4 Å². The SMILES string of the molecule is c1ccc(-c2nc(Cc3cccc4sc5ccc(-c6cccc7c6oc6cccc(-n8c9ccccc9c9ccccc98)c67)cc5c34)nc(-c3ccccc3)n2)cc1. The number of hydrogen-bond acceptors (Lipinski definition) is 5. The topological polar surface area (TPSA) is 56.7 Å². The molecular weight excluding hydrogens is 729 g/mol. The van der Waals surface area contributed by atoms with Gasteiger partial charge in [-0.3, -0.25) is 0 Å². The number of hydrogen-bond donors (Lipinski definition) is 0. The van der Waals surface area contributed by atoms with Crippen LogP contribution in [0.15, 0.2) is 186 Å². The fourth-order valence-electron chi connectivity index (χ4n) is 8.74. The quantitative estimate of drug-likeness (QED) is 0.169. The second kappa shape index (κ2) is 13.1. The summed E-state index contributed by atoms with van der Waals surface area (Å²) < 4.78 is 11.7. The van der Waals surface area contributed by atoms with Gasteiger partial charge in [0.25, 0.3) is 0 Å². The summed E-state index contributed by atoms with van der Waals surface area (Å²) in [7, 11) is 0. The molecule has 0 aliphatic carbocycles. The van der Waals surface area contributed by atoms with Crippen molar-refractivity contribution in [3.05, 3.63) is 193 Å². The second-order valence-corrected chi connectivity index (χ2v) is 15.8. The number of benzene rings is 8. The van der Waals surface area contributed by atoms with Gasteiger partial charge in [0.05, 0.1) is 22.1 Å². The fourth-order valence-corrected chi connectivity index (χ4v) is 9.88. The van der Waals surface area contributed by atoms with E-state index in [1.807, 2.05) is 47.7 Å². The van der Waals surface area contributed by atoms with Gasteiger partial charge < -0.3 is 8.98 Å². The van der Waals surface area contributed by atoms with Gasteiger partial charge in [0.15, 0.2) is 11.6 Å². The van der Waals surface area contributed by atoms with Gasteiger partial charge in [0.1, 0.15) is 17.0 Å². The first-order valence-corrected chi connectivity index (χ1v) is 20.3. The molecule has 0 atom stereocenters. The summed E-state index contributed by atoms with van der Waals surface area (Å²) in [5.41, 5.74) is 10.5. The molecule has 0 radical (unpaired) electrons. The Morgan fingerprint density at radius 2 is 1.10 bits per heavy atom. The number of rotatable bonds is 6. The number of nitrogens with zero attached hydrogens (tertiary/aromatic N) is 4. The van der Waals surface area contributed by atoms with Gasteiger partial charge in [0.2, 0.25) is 0 Å². The van der Waals surface area contributed by atoms with Crippen molar-refractivity contribution in [1.82, 2.24) is 19.5 Å². The van der Waals surface area contributed by atoms with E-state index in [-0.39, 0.29) is 0 Å². The molecule has 4 heterocycles. The van der Waals surface area contributed by atoms with Crippen LogP contribution < -0.4 is 0 Å². The third-order valence-electron chi connectivity index (χ3n) is 11.3. The van der Waals surface area contributed by atoms with Gasteiger partial charge in [-0.1, -0.05) is 140 Å². The summed E-state index contributed by atoms with van der Waals surface area (Å²) >= 11 is 1.82. The molecule has 0 N–H and O–H groups in total. The maximum Gasteiger partial charge on any atom is 0.163 e. The highest BCUT2D eigenvalue weighted by molar-refractivity contribution is 7.25. The summed E-state index contributed by atoms with van der Waals surface area (Å²) in [6, 6.07) is 64.0. The van der Waals surface area contributed by atoms with E-state index in [4.69, 9.17) is 19.4 Å². The lowest BCUT2D eigenvalue weighted by Gasteiger charge is -2.10. The molecular formula is C52H32N4OS. The molecule has 0 spiro atoms. The Morgan fingerprint density at radius 1 is 0.466 bits per heavy atom. The maximum atomic E-state index is 6.85. The first kappa shape index (κ1) is 32.8. The van der Waals surface area contributed by atoms with Crippen LogP contribution in [0.5, 0.6) is 0 Å². The average Bonchev–Trinajstić information content (AvgIpc) is 3.97. The highest BCUT2D eigenvalue weighted by atomic mass is 32.1. The third-order valence-corrected chi connectivity index (χ3v) is 12.4. The van der Waals surface area contributed by atoms with Crippen molar-refractivity contribution in [2.24, 2.45) is 0 Å². The molecule has 8 aromatic carbocycles. The first-order valence-electron chi connectivity index (χ1n) is 19.5. The minimum atomic E-state index is 0.570. The zero-order valence-electron chi connectivity index (χ0n) is 31.1. The largest absolute Gasteiger partial charge is 0.455 e. The van der Waals surface area contributed by atoms with Crippen LogP contribution in [-0.2, 0) is 6.42 Å². The summed E-state index contributed by atoms with van der Waals surface area (Å²) in [5.74, 6) is 2.09. The Morgan fingerprint density at radius 3 is 1.83 bits per heavy atom. The molecule has 58 heavy (non-hydrogen) atoms. The molecule has 12 rings (SSSR count). The summed E-state index contributed by atoms with van der Waals surface area (Å²) in [5, 5.41) is 7.13. The monoisotopic (exact) mass is 760 g/mol. The average molecular weight is 761 g/mol. The van der Waals surface area contributed by atoms with Crippen molar-refractivity contribution < 1.29 is 4.42 Å². The van der Waals surface area contributed by atoms with E-state index in [2.05, 4.69) is 150 Å². The Bertz CT molecular complexity index is 3440. The van der Waals surface area contributed by atoms with Crippen molar-refractivity contribution in [2.45, 2.75) is 6.42 Å². The number of fused-ring (bicyclic) bond motifs is 9. The first-order chi connectivity index (χ1) is 28.7. The molecule has 5 nitrogen and oxygen atoms in total. The smallest absolute Gasteiger partial charge is 0.163 e.